The predicted molar refractivity (Wildman–Crippen MR) is 19.7 cm³/mol. The fraction of sp³-hybridized carbons (Fsp3) is 0.500. The standard InChI is InChI=1S/CH4S.CH3.W/c1-2;;/h2H,1H3;1H3;/q;-1;+2/p-1. The van der Waals surface area contributed by atoms with Gasteiger partial charge in [-0.05, 0) is 0 Å². The summed E-state index contributed by atoms with van der Waals surface area (Å²) in [4.78, 5) is 0. The van der Waals surface area contributed by atoms with Crippen LogP contribution in [0.15, 0.2) is 0 Å². The molecule has 0 aliphatic heterocycles. The summed E-state index contributed by atoms with van der Waals surface area (Å²) in [5.74, 6) is 0. The van der Waals surface area contributed by atoms with E-state index in [0.717, 1.165) is 0 Å². The molecular weight excluding hydrogens is 240 g/mol. The van der Waals surface area contributed by atoms with Gasteiger partial charge in [-0.1, -0.05) is 0 Å². The van der Waals surface area contributed by atoms with E-state index in [1.54, 1.807) is 6.26 Å². The molecule has 26 valence electrons. The van der Waals surface area contributed by atoms with E-state index in [-0.39, 0.29) is 28.5 Å². The molecule has 0 bridgehead atoms. The van der Waals surface area contributed by atoms with Crippen LogP contribution >= 0.6 is 0 Å². The van der Waals surface area contributed by atoms with Crippen LogP contribution in [-0.4, -0.2) is 6.26 Å². The van der Waals surface area contributed by atoms with E-state index in [0.29, 0.717) is 0 Å². The molecular formula is C2H6SW. The smallest absolute Gasteiger partial charge is 0.796 e. The molecule has 0 atom stereocenters. The van der Waals surface area contributed by atoms with E-state index < -0.39 is 0 Å². The van der Waals surface area contributed by atoms with Crippen molar-refractivity contribution in [1.29, 1.82) is 0 Å². The fourth-order valence-electron chi connectivity index (χ4n) is 0. The Kier molecular flexibility index (Phi) is 171. The molecule has 0 aliphatic rings. The number of rotatable bonds is 0. The van der Waals surface area contributed by atoms with Crippen molar-refractivity contribution in [3.63, 3.8) is 0 Å². The van der Waals surface area contributed by atoms with Crippen LogP contribution < -0.4 is 0 Å². The number of hydrogen-bond acceptors (Lipinski definition) is 1. The second kappa shape index (κ2) is 34.6. The van der Waals surface area contributed by atoms with E-state index >= 15 is 0 Å². The first-order valence-electron chi connectivity index (χ1n) is 0.408. The van der Waals surface area contributed by atoms with E-state index in [9.17, 15) is 0 Å². The van der Waals surface area contributed by atoms with Gasteiger partial charge in [0.15, 0.2) is 0 Å². The molecule has 0 spiro atoms. The molecule has 0 nitrogen and oxygen atoms in total. The van der Waals surface area contributed by atoms with Crippen LogP contribution in [0.4, 0.5) is 0 Å². The fourth-order valence-corrected chi connectivity index (χ4v) is 0. The molecule has 0 heterocycles. The Morgan fingerprint density at radius 2 is 1.25 bits per heavy atom. The van der Waals surface area contributed by atoms with Gasteiger partial charge >= 0.3 is 21.1 Å². The largest absolute Gasteiger partial charge is 2.00 e. The zero-order valence-electron chi connectivity index (χ0n) is 2.82. The van der Waals surface area contributed by atoms with Crippen molar-refractivity contribution in [2.75, 3.05) is 6.26 Å². The van der Waals surface area contributed by atoms with Crippen molar-refractivity contribution in [3.05, 3.63) is 7.43 Å². The molecule has 0 saturated heterocycles. The maximum Gasteiger partial charge on any atom is 2.00 e. The van der Waals surface area contributed by atoms with Crippen molar-refractivity contribution < 1.29 is 21.1 Å². The van der Waals surface area contributed by atoms with Gasteiger partial charge in [0.05, 0.1) is 0 Å². The molecule has 0 aromatic carbocycles. The average molecular weight is 246 g/mol. The van der Waals surface area contributed by atoms with Crippen molar-refractivity contribution in [2.45, 2.75) is 0 Å². The minimum Gasteiger partial charge on any atom is -0.796 e. The molecule has 0 rings (SSSR count). The third kappa shape index (κ3) is 11.7. The summed E-state index contributed by atoms with van der Waals surface area (Å²) < 4.78 is 0. The maximum atomic E-state index is 4.08. The number of hydrogen-bond donors (Lipinski definition) is 0. The van der Waals surface area contributed by atoms with Gasteiger partial charge in [-0.15, -0.1) is 0 Å². The van der Waals surface area contributed by atoms with Crippen molar-refractivity contribution >= 4 is 12.6 Å². The molecule has 0 aliphatic carbocycles. The van der Waals surface area contributed by atoms with Gasteiger partial charge in [-0.3, -0.25) is 0 Å². The van der Waals surface area contributed by atoms with Crippen LogP contribution in [0.2, 0.25) is 0 Å². The van der Waals surface area contributed by atoms with E-state index in [2.05, 4.69) is 12.6 Å². The van der Waals surface area contributed by atoms with Gasteiger partial charge in [0.25, 0.3) is 0 Å². The van der Waals surface area contributed by atoms with Crippen LogP contribution in [0.5, 0.6) is 0 Å². The topological polar surface area (TPSA) is 0 Å². The third-order valence-corrected chi connectivity index (χ3v) is 0. The SMILES string of the molecule is C[S-].[CH3-].[W+2]. The Morgan fingerprint density at radius 3 is 1.25 bits per heavy atom. The monoisotopic (exact) mass is 246 g/mol. The zero-order valence-corrected chi connectivity index (χ0v) is 6.57. The summed E-state index contributed by atoms with van der Waals surface area (Å²) in [6, 6.07) is 0. The molecule has 0 fully saturated rings. The van der Waals surface area contributed by atoms with Gasteiger partial charge in [-0.25, -0.2) is 0 Å². The molecule has 0 amide bonds. The first-order valence-corrected chi connectivity index (χ1v) is 1.22. The predicted octanol–water partition coefficient (Wildman–Crippen LogP) is 0.611. The molecule has 0 unspecified atom stereocenters. The Balaban J connectivity index is -0.00000000500. The molecule has 0 aromatic rings. The molecule has 2 heteroatoms. The Labute approximate surface area is 47.7 Å². The van der Waals surface area contributed by atoms with Crippen LogP contribution in [0.1, 0.15) is 0 Å². The van der Waals surface area contributed by atoms with Crippen LogP contribution in [0.3, 0.4) is 0 Å². The minimum atomic E-state index is 0. The van der Waals surface area contributed by atoms with Crippen molar-refractivity contribution in [3.8, 4) is 0 Å². The minimum absolute atomic E-state index is 0. The van der Waals surface area contributed by atoms with Gasteiger partial charge in [0, 0.05) is 0 Å². The van der Waals surface area contributed by atoms with Gasteiger partial charge in [0.1, 0.15) is 0 Å². The molecule has 0 saturated carbocycles. The molecule has 0 aromatic heterocycles. The van der Waals surface area contributed by atoms with E-state index in [1.165, 1.54) is 0 Å². The summed E-state index contributed by atoms with van der Waals surface area (Å²) in [6.07, 6.45) is 1.58. The van der Waals surface area contributed by atoms with Crippen LogP contribution in [0.25, 0.3) is 0 Å². The second-order valence-corrected chi connectivity index (χ2v) is 0. The molecule has 4 heavy (non-hydrogen) atoms. The maximum absolute atomic E-state index is 4.08. The second-order valence-electron chi connectivity index (χ2n) is 0. The summed E-state index contributed by atoms with van der Waals surface area (Å²) in [5.41, 5.74) is 0. The zero-order chi connectivity index (χ0) is 2.00. The quantitative estimate of drug-likeness (QED) is 0.445. The van der Waals surface area contributed by atoms with Crippen molar-refractivity contribution in [2.24, 2.45) is 0 Å². The van der Waals surface area contributed by atoms with Gasteiger partial charge in [-0.2, -0.15) is 6.26 Å². The summed E-state index contributed by atoms with van der Waals surface area (Å²) in [6.45, 7) is 0. The molecule has 0 N–H and O–H groups in total. The summed E-state index contributed by atoms with van der Waals surface area (Å²) in [7, 11) is 0. The van der Waals surface area contributed by atoms with Crippen LogP contribution in [0, 0.1) is 7.43 Å². The Bertz CT molecular complexity index is 6.00. The summed E-state index contributed by atoms with van der Waals surface area (Å²) in [5, 5.41) is 0. The van der Waals surface area contributed by atoms with Gasteiger partial charge < -0.3 is 20.1 Å². The Morgan fingerprint density at radius 1 is 1.25 bits per heavy atom. The first-order chi connectivity index (χ1) is 1.00. The van der Waals surface area contributed by atoms with Gasteiger partial charge in [0.2, 0.25) is 0 Å². The van der Waals surface area contributed by atoms with Crippen molar-refractivity contribution in [1.82, 2.24) is 0 Å². The Hall–Kier alpha value is 1.04. The van der Waals surface area contributed by atoms with Crippen LogP contribution in [-0.2, 0) is 33.7 Å². The molecule has 0 radical (unpaired) electrons. The van der Waals surface area contributed by atoms with E-state index in [1.807, 2.05) is 0 Å². The first kappa shape index (κ1) is 19.8. The average Bonchev–Trinajstić information content (AvgIpc) is 1.00. The summed E-state index contributed by atoms with van der Waals surface area (Å²) >= 11 is 4.08. The van der Waals surface area contributed by atoms with E-state index in [4.69, 9.17) is 0 Å². The normalized spacial score (nSPS) is 1.50. The third-order valence-electron chi connectivity index (χ3n) is 0.